The molecule has 2 nitrogen and oxygen atoms in total. The van der Waals surface area contributed by atoms with Crippen LogP contribution in [-0.4, -0.2) is 39.3 Å². The summed E-state index contributed by atoms with van der Waals surface area (Å²) in [7, 11) is 6.11. The van der Waals surface area contributed by atoms with Gasteiger partial charge in [0.25, 0.3) is 0 Å². The Balaban J connectivity index is 4.37. The molecule has 2 heteroatoms. The zero-order valence-electron chi connectivity index (χ0n) is 10.6. The first-order chi connectivity index (χ1) is 6.60. The third-order valence-corrected chi connectivity index (χ3v) is 2.66. The van der Waals surface area contributed by atoms with E-state index in [4.69, 9.17) is 4.74 Å². The Labute approximate surface area is 89.6 Å². The fraction of sp³-hybridized carbons (Fsp3) is 1.00. The van der Waals surface area contributed by atoms with E-state index in [1.807, 2.05) is 7.11 Å². The van der Waals surface area contributed by atoms with Gasteiger partial charge in [0.15, 0.2) is 0 Å². The Morgan fingerprint density at radius 1 is 1.07 bits per heavy atom. The Hall–Kier alpha value is -0.0800. The summed E-state index contributed by atoms with van der Waals surface area (Å²) in [5, 5.41) is 0. The van der Waals surface area contributed by atoms with Crippen molar-refractivity contribution in [2.75, 3.05) is 34.4 Å². The molecule has 0 N–H and O–H groups in total. The van der Waals surface area contributed by atoms with Crippen LogP contribution in [0.3, 0.4) is 0 Å². The predicted molar refractivity (Wildman–Crippen MR) is 62.7 cm³/mol. The molecular formula is C12H27NO. The van der Waals surface area contributed by atoms with Gasteiger partial charge in [-0.1, -0.05) is 26.7 Å². The second-order valence-corrected chi connectivity index (χ2v) is 4.67. The minimum atomic E-state index is 0.377. The molecule has 0 saturated carbocycles. The molecule has 14 heavy (non-hydrogen) atoms. The van der Waals surface area contributed by atoms with Crippen molar-refractivity contribution < 1.29 is 4.74 Å². The molecule has 0 rings (SSSR count). The van der Waals surface area contributed by atoms with Crippen LogP contribution in [0.1, 0.15) is 39.5 Å². The zero-order chi connectivity index (χ0) is 11.0. The van der Waals surface area contributed by atoms with Gasteiger partial charge in [0.1, 0.15) is 0 Å². The van der Waals surface area contributed by atoms with Crippen molar-refractivity contribution in [2.45, 2.75) is 39.5 Å². The molecule has 0 bridgehead atoms. The van der Waals surface area contributed by atoms with E-state index in [2.05, 4.69) is 32.8 Å². The van der Waals surface area contributed by atoms with Crippen LogP contribution >= 0.6 is 0 Å². The topological polar surface area (TPSA) is 12.5 Å². The summed E-state index contributed by atoms with van der Waals surface area (Å²) in [5.74, 6) is 0. The van der Waals surface area contributed by atoms with E-state index < -0.39 is 0 Å². The van der Waals surface area contributed by atoms with Gasteiger partial charge in [0, 0.05) is 19.1 Å². The molecule has 0 spiro atoms. The van der Waals surface area contributed by atoms with Crippen LogP contribution in [0.5, 0.6) is 0 Å². The molecule has 0 saturated heterocycles. The smallest absolute Gasteiger partial charge is 0.0530 e. The number of rotatable bonds is 8. The van der Waals surface area contributed by atoms with Gasteiger partial charge in [-0.2, -0.15) is 0 Å². The van der Waals surface area contributed by atoms with Crippen molar-refractivity contribution in [3.63, 3.8) is 0 Å². The van der Waals surface area contributed by atoms with Crippen molar-refractivity contribution in [1.29, 1.82) is 0 Å². The van der Waals surface area contributed by atoms with E-state index in [9.17, 15) is 0 Å². The van der Waals surface area contributed by atoms with Gasteiger partial charge in [-0.15, -0.1) is 0 Å². The Morgan fingerprint density at radius 2 is 1.57 bits per heavy atom. The average Bonchev–Trinajstić information content (AvgIpc) is 2.03. The maximum atomic E-state index is 5.39. The molecule has 0 aromatic heterocycles. The van der Waals surface area contributed by atoms with Gasteiger partial charge in [0.05, 0.1) is 6.61 Å². The monoisotopic (exact) mass is 201 g/mol. The number of methoxy groups -OCH3 is 1. The fourth-order valence-electron chi connectivity index (χ4n) is 2.51. The summed E-state index contributed by atoms with van der Waals surface area (Å²) in [5.41, 5.74) is 0.377. The molecule has 86 valence electrons. The normalized spacial score (nSPS) is 12.4. The number of nitrogens with zero attached hydrogens (tertiary/aromatic N) is 1. The number of hydrogen-bond donors (Lipinski definition) is 0. The minimum absolute atomic E-state index is 0.377. The summed E-state index contributed by atoms with van der Waals surface area (Å²) in [6, 6.07) is 0. The lowest BCUT2D eigenvalue weighted by Crippen LogP contribution is -2.37. The minimum Gasteiger partial charge on any atom is -0.384 e. The van der Waals surface area contributed by atoms with Crippen molar-refractivity contribution in [3.05, 3.63) is 0 Å². The highest BCUT2D eigenvalue weighted by Crippen LogP contribution is 2.30. The van der Waals surface area contributed by atoms with E-state index in [-0.39, 0.29) is 0 Å². The molecule has 0 amide bonds. The first kappa shape index (κ1) is 13.9. The molecule has 0 aliphatic carbocycles. The van der Waals surface area contributed by atoms with E-state index in [0.29, 0.717) is 5.41 Å². The van der Waals surface area contributed by atoms with E-state index in [0.717, 1.165) is 13.2 Å². The summed E-state index contributed by atoms with van der Waals surface area (Å²) in [4.78, 5) is 2.28. The largest absolute Gasteiger partial charge is 0.384 e. The first-order valence-electron chi connectivity index (χ1n) is 5.74. The number of ether oxygens (including phenoxy) is 1. The van der Waals surface area contributed by atoms with Crippen LogP contribution in [-0.2, 0) is 4.74 Å². The molecule has 0 aromatic rings. The summed E-state index contributed by atoms with van der Waals surface area (Å²) < 4.78 is 5.39. The van der Waals surface area contributed by atoms with Crippen LogP contribution in [0.4, 0.5) is 0 Å². The highest BCUT2D eigenvalue weighted by Gasteiger charge is 2.28. The molecule has 0 radical (unpaired) electrons. The number of hydrogen-bond acceptors (Lipinski definition) is 2. The van der Waals surface area contributed by atoms with Gasteiger partial charge >= 0.3 is 0 Å². The molecule has 0 fully saturated rings. The van der Waals surface area contributed by atoms with Crippen molar-refractivity contribution in [3.8, 4) is 0 Å². The van der Waals surface area contributed by atoms with Crippen LogP contribution in [0, 0.1) is 5.41 Å². The van der Waals surface area contributed by atoms with E-state index >= 15 is 0 Å². The van der Waals surface area contributed by atoms with Gasteiger partial charge < -0.3 is 9.64 Å². The third-order valence-electron chi connectivity index (χ3n) is 2.66. The third kappa shape index (κ3) is 4.97. The molecular weight excluding hydrogens is 174 g/mol. The highest BCUT2D eigenvalue weighted by molar-refractivity contribution is 4.80. The maximum Gasteiger partial charge on any atom is 0.0530 e. The lowest BCUT2D eigenvalue weighted by Gasteiger charge is -2.35. The Kier molecular flexibility index (Phi) is 7.20. The van der Waals surface area contributed by atoms with Gasteiger partial charge in [-0.05, 0) is 26.9 Å². The molecule has 0 aliphatic rings. The molecule has 0 aliphatic heterocycles. The van der Waals surface area contributed by atoms with E-state index in [1.165, 1.54) is 25.7 Å². The second-order valence-electron chi connectivity index (χ2n) is 4.67. The van der Waals surface area contributed by atoms with Crippen molar-refractivity contribution >= 4 is 0 Å². The summed E-state index contributed by atoms with van der Waals surface area (Å²) in [6.45, 7) is 6.56. The molecule has 0 aromatic carbocycles. The lowest BCUT2D eigenvalue weighted by molar-refractivity contribution is 0.0425. The van der Waals surface area contributed by atoms with E-state index in [1.54, 1.807) is 0 Å². The van der Waals surface area contributed by atoms with Gasteiger partial charge in [-0.25, -0.2) is 0 Å². The Bertz CT molecular complexity index is 117. The van der Waals surface area contributed by atoms with Crippen LogP contribution in [0.15, 0.2) is 0 Å². The fourth-order valence-corrected chi connectivity index (χ4v) is 2.51. The van der Waals surface area contributed by atoms with Gasteiger partial charge in [-0.3, -0.25) is 0 Å². The van der Waals surface area contributed by atoms with Crippen LogP contribution in [0.25, 0.3) is 0 Å². The van der Waals surface area contributed by atoms with Crippen LogP contribution < -0.4 is 0 Å². The summed E-state index contributed by atoms with van der Waals surface area (Å²) in [6.07, 6.45) is 5.04. The average molecular weight is 201 g/mol. The van der Waals surface area contributed by atoms with Crippen molar-refractivity contribution in [1.82, 2.24) is 4.90 Å². The Morgan fingerprint density at radius 3 is 1.86 bits per heavy atom. The van der Waals surface area contributed by atoms with Crippen LogP contribution in [0.2, 0.25) is 0 Å². The molecule has 0 heterocycles. The zero-order valence-corrected chi connectivity index (χ0v) is 10.6. The highest BCUT2D eigenvalue weighted by atomic mass is 16.5. The maximum absolute atomic E-state index is 5.39. The lowest BCUT2D eigenvalue weighted by atomic mass is 9.79. The SMILES string of the molecule is CCCC(CCC)(COC)CN(C)C. The quantitative estimate of drug-likeness (QED) is 0.599. The summed E-state index contributed by atoms with van der Waals surface area (Å²) >= 11 is 0. The standard InChI is InChI=1S/C12H27NO/c1-6-8-12(9-7-2,11-14-5)10-13(3)4/h6-11H2,1-5H3. The second kappa shape index (κ2) is 7.24. The van der Waals surface area contributed by atoms with Gasteiger partial charge in [0.2, 0.25) is 0 Å². The predicted octanol–water partition coefficient (Wildman–Crippen LogP) is 2.78. The molecule has 0 unspecified atom stereocenters. The molecule has 0 atom stereocenters. The first-order valence-corrected chi connectivity index (χ1v) is 5.74. The van der Waals surface area contributed by atoms with Crippen molar-refractivity contribution in [2.24, 2.45) is 5.41 Å².